The number of fused-ring (bicyclic) bond motifs is 1. The number of anilines is 2. The van der Waals surface area contributed by atoms with Gasteiger partial charge in [0.25, 0.3) is 5.56 Å². The van der Waals surface area contributed by atoms with E-state index in [-0.39, 0.29) is 5.56 Å². The first kappa shape index (κ1) is 17.4. The second-order valence-electron chi connectivity index (χ2n) is 6.21. The van der Waals surface area contributed by atoms with Gasteiger partial charge in [-0.15, -0.1) is 0 Å². The zero-order chi connectivity index (χ0) is 19.5. The minimum absolute atomic E-state index is 0.377. The van der Waals surface area contributed by atoms with E-state index in [1.165, 1.54) is 12.3 Å². The Morgan fingerprint density at radius 3 is 2.61 bits per heavy atom. The summed E-state index contributed by atoms with van der Waals surface area (Å²) in [5, 5.41) is 14.1. The molecule has 7 nitrogen and oxygen atoms in total. The summed E-state index contributed by atoms with van der Waals surface area (Å²) >= 11 is 0. The van der Waals surface area contributed by atoms with Crippen molar-refractivity contribution in [2.45, 2.75) is 6.54 Å². The highest BCUT2D eigenvalue weighted by molar-refractivity contribution is 6.02. The van der Waals surface area contributed by atoms with Crippen LogP contribution in [0.5, 0.6) is 0 Å². The highest BCUT2D eigenvalue weighted by Crippen LogP contribution is 2.32. The number of carbonyl (C=O) groups is 1. The Kier molecular flexibility index (Phi) is 4.55. The van der Waals surface area contributed by atoms with Gasteiger partial charge in [-0.05, 0) is 17.5 Å². The van der Waals surface area contributed by atoms with Crippen molar-refractivity contribution < 1.29 is 9.90 Å². The van der Waals surface area contributed by atoms with Crippen molar-refractivity contribution >= 4 is 28.2 Å². The van der Waals surface area contributed by atoms with Gasteiger partial charge in [-0.3, -0.25) is 14.6 Å². The van der Waals surface area contributed by atoms with Crippen LogP contribution in [0.25, 0.3) is 21.9 Å². The zero-order valence-electron chi connectivity index (χ0n) is 14.7. The molecule has 4 rings (SSSR count). The van der Waals surface area contributed by atoms with E-state index >= 15 is 0 Å². The summed E-state index contributed by atoms with van der Waals surface area (Å²) in [7, 11) is 0. The first-order valence-corrected chi connectivity index (χ1v) is 8.59. The van der Waals surface area contributed by atoms with Crippen LogP contribution in [0.1, 0.15) is 0 Å². The number of aromatic nitrogens is 3. The van der Waals surface area contributed by atoms with E-state index in [4.69, 9.17) is 5.11 Å². The molecule has 0 fully saturated rings. The van der Waals surface area contributed by atoms with Crippen molar-refractivity contribution in [2.24, 2.45) is 0 Å². The highest BCUT2D eigenvalue weighted by Gasteiger charge is 2.10. The Morgan fingerprint density at radius 2 is 1.86 bits per heavy atom. The third-order valence-electron chi connectivity index (χ3n) is 4.32. The lowest BCUT2D eigenvalue weighted by Crippen LogP contribution is -2.22. The van der Waals surface area contributed by atoms with Crippen molar-refractivity contribution in [2.75, 3.05) is 5.32 Å². The lowest BCUT2D eigenvalue weighted by molar-refractivity contribution is -0.137. The molecular formula is C21H16N4O3. The fraction of sp³-hybridized carbons (Fsp3) is 0.0476. The van der Waals surface area contributed by atoms with Crippen LogP contribution in [0, 0.1) is 0 Å². The minimum Gasteiger partial charge on any atom is -0.480 e. The average Bonchev–Trinajstić information content (AvgIpc) is 2.71. The molecule has 4 aromatic rings. The molecule has 0 amide bonds. The van der Waals surface area contributed by atoms with Gasteiger partial charge in [-0.2, -0.15) is 0 Å². The molecule has 0 spiro atoms. The summed E-state index contributed by atoms with van der Waals surface area (Å²) in [5.74, 6) is -0.465. The molecule has 0 unspecified atom stereocenters. The Balaban J connectivity index is 1.77. The number of benzene rings is 1. The Labute approximate surface area is 159 Å². The lowest BCUT2D eigenvalue weighted by Gasteiger charge is -2.13. The normalized spacial score (nSPS) is 10.7. The topological polar surface area (TPSA) is 97.1 Å². The van der Waals surface area contributed by atoms with Crippen molar-refractivity contribution in [3.05, 3.63) is 83.7 Å². The molecule has 3 aromatic heterocycles. The van der Waals surface area contributed by atoms with Crippen LogP contribution in [0.15, 0.2) is 78.1 Å². The maximum atomic E-state index is 11.8. The predicted molar refractivity (Wildman–Crippen MR) is 107 cm³/mol. The molecule has 3 heterocycles. The quantitative estimate of drug-likeness (QED) is 0.558. The molecule has 0 radical (unpaired) electrons. The maximum absolute atomic E-state index is 11.8. The number of nitrogens with zero attached hydrogens (tertiary/aromatic N) is 3. The number of rotatable bonds is 5. The molecule has 138 valence electrons. The maximum Gasteiger partial charge on any atom is 0.323 e. The van der Waals surface area contributed by atoms with Gasteiger partial charge in [0.15, 0.2) is 0 Å². The van der Waals surface area contributed by atoms with Crippen LogP contribution in [0.4, 0.5) is 11.5 Å². The van der Waals surface area contributed by atoms with Gasteiger partial charge < -0.3 is 15.0 Å². The molecule has 7 heteroatoms. The average molecular weight is 372 g/mol. The number of carboxylic acid groups (broad SMARTS) is 1. The number of hydrogen-bond acceptors (Lipinski definition) is 5. The fourth-order valence-corrected chi connectivity index (χ4v) is 3.06. The van der Waals surface area contributed by atoms with Gasteiger partial charge in [0.1, 0.15) is 12.4 Å². The number of nitrogens with one attached hydrogen (secondary N) is 1. The van der Waals surface area contributed by atoms with Gasteiger partial charge in [-0.1, -0.05) is 30.3 Å². The second kappa shape index (κ2) is 7.32. The van der Waals surface area contributed by atoms with Crippen LogP contribution in [-0.4, -0.2) is 25.6 Å². The van der Waals surface area contributed by atoms with Crippen molar-refractivity contribution in [3.8, 4) is 11.1 Å². The van der Waals surface area contributed by atoms with Crippen LogP contribution < -0.4 is 10.9 Å². The number of carboxylic acids is 1. The summed E-state index contributed by atoms with van der Waals surface area (Å²) in [6, 6.07) is 14.6. The third kappa shape index (κ3) is 3.45. The Hall–Kier alpha value is -4.00. The standard InChI is InChI=1S/C21H16N4O3/c26-19-8-7-15(12-25(19)13-20(27)28)24-21-17-6-2-1-5-16(17)18(11-23-21)14-4-3-9-22-10-14/h1-12H,13H2,(H,23,24)(H,27,28). The molecule has 0 atom stereocenters. The summed E-state index contributed by atoms with van der Waals surface area (Å²) in [6.07, 6.45) is 6.76. The summed E-state index contributed by atoms with van der Waals surface area (Å²) in [6.45, 7) is -0.400. The Bertz CT molecular complexity index is 1220. The van der Waals surface area contributed by atoms with Crippen LogP contribution in [0.2, 0.25) is 0 Å². The molecule has 2 N–H and O–H groups in total. The van der Waals surface area contributed by atoms with Crippen LogP contribution >= 0.6 is 0 Å². The van der Waals surface area contributed by atoms with Gasteiger partial charge >= 0.3 is 5.97 Å². The van der Waals surface area contributed by atoms with E-state index in [0.717, 1.165) is 26.5 Å². The molecule has 0 saturated carbocycles. The molecule has 0 saturated heterocycles. The molecule has 0 aliphatic carbocycles. The van der Waals surface area contributed by atoms with Gasteiger partial charge in [0, 0.05) is 47.4 Å². The summed E-state index contributed by atoms with van der Waals surface area (Å²) < 4.78 is 1.14. The van der Waals surface area contributed by atoms with E-state index in [9.17, 15) is 9.59 Å². The highest BCUT2D eigenvalue weighted by atomic mass is 16.4. The van der Waals surface area contributed by atoms with Gasteiger partial charge in [0.05, 0.1) is 5.69 Å². The third-order valence-corrected chi connectivity index (χ3v) is 4.32. The van der Waals surface area contributed by atoms with E-state index in [2.05, 4.69) is 15.3 Å². The van der Waals surface area contributed by atoms with Crippen LogP contribution in [0.3, 0.4) is 0 Å². The van der Waals surface area contributed by atoms with Crippen molar-refractivity contribution in [1.82, 2.24) is 14.5 Å². The number of hydrogen-bond donors (Lipinski definition) is 2. The van der Waals surface area contributed by atoms with Gasteiger partial charge in [0.2, 0.25) is 0 Å². The van der Waals surface area contributed by atoms with Crippen molar-refractivity contribution in [1.29, 1.82) is 0 Å². The van der Waals surface area contributed by atoms with Crippen LogP contribution in [-0.2, 0) is 11.3 Å². The van der Waals surface area contributed by atoms with E-state index in [1.54, 1.807) is 24.7 Å². The molecule has 28 heavy (non-hydrogen) atoms. The lowest BCUT2D eigenvalue weighted by atomic mass is 10.0. The molecule has 0 aliphatic heterocycles. The second-order valence-corrected chi connectivity index (χ2v) is 6.21. The first-order valence-electron chi connectivity index (χ1n) is 8.59. The number of pyridine rings is 3. The smallest absolute Gasteiger partial charge is 0.323 e. The molecular weight excluding hydrogens is 356 g/mol. The van der Waals surface area contributed by atoms with E-state index in [0.29, 0.717) is 11.5 Å². The predicted octanol–water partition coefficient (Wildman–Crippen LogP) is 3.29. The Morgan fingerprint density at radius 1 is 1.04 bits per heavy atom. The monoisotopic (exact) mass is 372 g/mol. The first-order chi connectivity index (χ1) is 13.6. The fourth-order valence-electron chi connectivity index (χ4n) is 3.06. The minimum atomic E-state index is -1.08. The molecule has 1 aromatic carbocycles. The zero-order valence-corrected chi connectivity index (χ0v) is 14.7. The molecule has 0 aliphatic rings. The van der Waals surface area contributed by atoms with Crippen molar-refractivity contribution in [3.63, 3.8) is 0 Å². The SMILES string of the molecule is O=C(O)Cn1cc(Nc2ncc(-c3cccnc3)c3ccccc23)ccc1=O. The van der Waals surface area contributed by atoms with Gasteiger partial charge in [-0.25, -0.2) is 4.98 Å². The van der Waals surface area contributed by atoms with E-state index in [1.807, 2.05) is 36.4 Å². The summed E-state index contributed by atoms with van der Waals surface area (Å²) in [4.78, 5) is 31.5. The molecule has 0 bridgehead atoms. The van der Waals surface area contributed by atoms with E-state index < -0.39 is 12.5 Å². The number of aliphatic carboxylic acids is 1. The largest absolute Gasteiger partial charge is 0.480 e. The summed E-state index contributed by atoms with van der Waals surface area (Å²) in [5.41, 5.74) is 2.13.